The van der Waals surface area contributed by atoms with Crippen LogP contribution in [0.1, 0.15) is 54.2 Å². The Morgan fingerprint density at radius 3 is 2.46 bits per heavy atom. The van der Waals surface area contributed by atoms with E-state index in [4.69, 9.17) is 14.3 Å². The molecule has 3 amide bonds. The van der Waals surface area contributed by atoms with Crippen LogP contribution in [0.2, 0.25) is 0 Å². The van der Waals surface area contributed by atoms with Crippen molar-refractivity contribution in [3.8, 4) is 0 Å². The minimum Gasteiger partial charge on any atom is -0.457 e. The van der Waals surface area contributed by atoms with Gasteiger partial charge in [-0.05, 0) is 48.5 Å². The van der Waals surface area contributed by atoms with Crippen molar-refractivity contribution in [3.05, 3.63) is 23.7 Å². The predicted molar refractivity (Wildman–Crippen MR) is 139 cm³/mol. The molecule has 2 aromatic heterocycles. The summed E-state index contributed by atoms with van der Waals surface area (Å²) in [5, 5.41) is 17.3. The smallest absolute Gasteiger partial charge is 0.413 e. The largest absolute Gasteiger partial charge is 0.457 e. The van der Waals surface area contributed by atoms with Gasteiger partial charge in [0.15, 0.2) is 10.8 Å². The maximum atomic E-state index is 13.3. The Labute approximate surface area is 228 Å². The third kappa shape index (κ3) is 8.73. The Kier molecular flexibility index (Phi) is 8.88. The second kappa shape index (κ2) is 11.8. The maximum Gasteiger partial charge on any atom is 0.413 e. The van der Waals surface area contributed by atoms with Crippen LogP contribution in [0.15, 0.2) is 23.2 Å². The van der Waals surface area contributed by atoms with Gasteiger partial charge in [0, 0.05) is 5.38 Å². The zero-order valence-electron chi connectivity index (χ0n) is 22.7. The molecular weight excluding hydrogens is 532 g/mol. The number of esters is 1. The van der Waals surface area contributed by atoms with Gasteiger partial charge in [0.2, 0.25) is 12.0 Å². The van der Waals surface area contributed by atoms with Crippen molar-refractivity contribution in [1.82, 2.24) is 30.4 Å². The molecule has 3 rings (SSSR count). The fourth-order valence-electron chi connectivity index (χ4n) is 3.09. The number of hydrogen-bond acceptors (Lipinski definition) is 12. The number of rotatable bonds is 9. The summed E-state index contributed by atoms with van der Waals surface area (Å²) in [5.41, 5.74) is -1.77. The molecule has 1 aliphatic rings. The molecule has 39 heavy (non-hydrogen) atoms. The molecule has 1 unspecified atom stereocenters. The van der Waals surface area contributed by atoms with Crippen molar-refractivity contribution < 1.29 is 33.5 Å². The summed E-state index contributed by atoms with van der Waals surface area (Å²) < 4.78 is 12.0. The zero-order chi connectivity index (χ0) is 29.0. The average molecular weight is 565 g/mol. The van der Waals surface area contributed by atoms with E-state index >= 15 is 0 Å². The van der Waals surface area contributed by atoms with Gasteiger partial charge >= 0.3 is 12.1 Å². The molecule has 3 heterocycles. The molecule has 0 saturated carbocycles. The lowest BCUT2D eigenvalue weighted by molar-refractivity contribution is -0.167. The van der Waals surface area contributed by atoms with Gasteiger partial charge in [-0.1, -0.05) is 5.16 Å². The monoisotopic (exact) mass is 564 g/mol. The second-order valence-corrected chi connectivity index (χ2v) is 11.4. The van der Waals surface area contributed by atoms with E-state index in [9.17, 15) is 19.2 Å². The fraction of sp³-hybridized carbons (Fsp3) is 0.565. The van der Waals surface area contributed by atoms with Gasteiger partial charge in [0.05, 0.1) is 12.6 Å². The van der Waals surface area contributed by atoms with Gasteiger partial charge in [0.1, 0.15) is 35.6 Å². The maximum absolute atomic E-state index is 13.3. The second-order valence-electron chi connectivity index (χ2n) is 10.6. The van der Waals surface area contributed by atoms with Crippen molar-refractivity contribution in [2.45, 2.75) is 84.4 Å². The minimum absolute atomic E-state index is 0.0347. The van der Waals surface area contributed by atoms with Crippen molar-refractivity contribution in [1.29, 1.82) is 0 Å². The zero-order valence-corrected chi connectivity index (χ0v) is 23.5. The van der Waals surface area contributed by atoms with Crippen LogP contribution in [0.4, 0.5) is 9.93 Å². The first-order chi connectivity index (χ1) is 18.1. The topological polar surface area (TPSA) is 188 Å². The lowest BCUT2D eigenvalue weighted by Crippen LogP contribution is -2.70. The minimum atomic E-state index is -1.16. The number of anilines is 1. The van der Waals surface area contributed by atoms with Crippen molar-refractivity contribution in [3.63, 3.8) is 0 Å². The summed E-state index contributed by atoms with van der Waals surface area (Å²) in [5.74, 6) is -1.88. The molecule has 15 nitrogen and oxygen atoms in total. The molecule has 0 aromatic carbocycles. The molecule has 212 valence electrons. The molecule has 1 saturated heterocycles. The first-order valence-electron chi connectivity index (χ1n) is 12.0. The highest BCUT2D eigenvalue weighted by Crippen LogP contribution is 2.19. The number of β-lactam (4-membered cyclic amide) rings is 1. The normalized spacial score (nSPS) is 18.3. The highest BCUT2D eigenvalue weighted by molar-refractivity contribution is 7.14. The van der Waals surface area contributed by atoms with E-state index in [1.807, 2.05) is 0 Å². The number of carbonyl (C=O) groups is 4. The summed E-state index contributed by atoms with van der Waals surface area (Å²) >= 11 is 1.01. The number of oxime groups is 1. The van der Waals surface area contributed by atoms with Gasteiger partial charge in [-0.2, -0.15) is 5.10 Å². The molecule has 3 atom stereocenters. The third-order valence-electron chi connectivity index (χ3n) is 4.76. The molecule has 2 aromatic rings. The van der Waals surface area contributed by atoms with Crippen LogP contribution >= 0.6 is 11.3 Å². The van der Waals surface area contributed by atoms with E-state index in [0.717, 1.165) is 11.3 Å². The Morgan fingerprint density at radius 2 is 1.87 bits per heavy atom. The van der Waals surface area contributed by atoms with Crippen molar-refractivity contribution in [2.75, 3.05) is 5.32 Å². The third-order valence-corrected chi connectivity index (χ3v) is 5.52. The van der Waals surface area contributed by atoms with Crippen LogP contribution in [0, 0.1) is 0 Å². The SMILES string of the molecule is CC(ON=C(C(=O)N[C@@H]1C(=O)N[C@H]1Cn1cncn1)c1csc(NC(=O)OC(C)(C)C)n1)C(=O)OC(C)(C)C. The molecule has 0 spiro atoms. The number of aromatic nitrogens is 4. The van der Waals surface area contributed by atoms with E-state index in [1.54, 1.807) is 41.5 Å². The quantitative estimate of drug-likeness (QED) is 0.173. The number of amides is 3. The predicted octanol–water partition coefficient (Wildman–Crippen LogP) is 1.22. The highest BCUT2D eigenvalue weighted by Gasteiger charge is 2.41. The van der Waals surface area contributed by atoms with Crippen LogP contribution in [-0.2, 0) is 35.2 Å². The van der Waals surface area contributed by atoms with Crippen molar-refractivity contribution in [2.24, 2.45) is 5.16 Å². The van der Waals surface area contributed by atoms with E-state index < -0.39 is 53.3 Å². The molecule has 0 aliphatic carbocycles. The summed E-state index contributed by atoms with van der Waals surface area (Å²) in [6, 6.07) is -1.35. The van der Waals surface area contributed by atoms with E-state index in [1.165, 1.54) is 29.6 Å². The summed E-state index contributed by atoms with van der Waals surface area (Å²) in [7, 11) is 0. The summed E-state index contributed by atoms with van der Waals surface area (Å²) in [6.07, 6.45) is 0.948. The molecule has 0 radical (unpaired) electrons. The number of hydrogen-bond donors (Lipinski definition) is 3. The number of nitrogens with zero attached hydrogens (tertiary/aromatic N) is 5. The standard InChI is InChI=1S/C23H32N8O7S/c1-12(19(34)36-22(2,3)4)38-30-16(14-9-39-20(27-14)29-21(35)37-23(5,6)7)18(33)28-15-13(26-17(15)32)8-31-11-24-10-25-31/h9-13,15H,8H2,1-7H3,(H,26,32)(H,28,33)(H,27,29,35)/t12?,13-,15-/m0/s1. The van der Waals surface area contributed by atoms with Crippen LogP contribution in [-0.4, -0.2) is 78.7 Å². The summed E-state index contributed by atoms with van der Waals surface area (Å²) in [6.45, 7) is 11.9. The fourth-order valence-corrected chi connectivity index (χ4v) is 3.77. The Bertz CT molecular complexity index is 1230. The molecule has 0 bridgehead atoms. The average Bonchev–Trinajstić information content (AvgIpc) is 3.47. The molecule has 1 aliphatic heterocycles. The van der Waals surface area contributed by atoms with E-state index in [2.05, 4.69) is 36.2 Å². The van der Waals surface area contributed by atoms with Crippen molar-refractivity contribution >= 4 is 46.1 Å². The molecule has 1 fully saturated rings. The molecule has 16 heteroatoms. The number of nitrogens with one attached hydrogen (secondary N) is 3. The van der Waals surface area contributed by atoms with Crippen LogP contribution in [0.3, 0.4) is 0 Å². The van der Waals surface area contributed by atoms with Crippen LogP contribution in [0.5, 0.6) is 0 Å². The van der Waals surface area contributed by atoms with E-state index in [-0.39, 0.29) is 23.1 Å². The Balaban J connectivity index is 1.78. The number of carbonyl (C=O) groups excluding carboxylic acids is 4. The van der Waals surface area contributed by atoms with E-state index in [0.29, 0.717) is 0 Å². The van der Waals surface area contributed by atoms with Gasteiger partial charge in [-0.15, -0.1) is 11.3 Å². The first-order valence-corrected chi connectivity index (χ1v) is 12.9. The Morgan fingerprint density at radius 1 is 1.18 bits per heavy atom. The summed E-state index contributed by atoms with van der Waals surface area (Å²) in [4.78, 5) is 63.3. The lowest BCUT2D eigenvalue weighted by Gasteiger charge is -2.36. The van der Waals surface area contributed by atoms with Gasteiger partial charge in [0.25, 0.3) is 5.91 Å². The highest BCUT2D eigenvalue weighted by atomic mass is 32.1. The first kappa shape index (κ1) is 29.5. The number of thiazole rings is 1. The van der Waals surface area contributed by atoms with Gasteiger partial charge < -0.3 is 24.9 Å². The van der Waals surface area contributed by atoms with Crippen LogP contribution in [0.25, 0.3) is 0 Å². The van der Waals surface area contributed by atoms with Gasteiger partial charge in [-0.3, -0.25) is 19.6 Å². The number of ether oxygens (including phenoxy) is 2. The molecule has 3 N–H and O–H groups in total. The van der Waals surface area contributed by atoms with Crippen LogP contribution < -0.4 is 16.0 Å². The Hall–Kier alpha value is -4.08. The van der Waals surface area contributed by atoms with Gasteiger partial charge in [-0.25, -0.2) is 19.6 Å². The lowest BCUT2D eigenvalue weighted by atomic mass is 9.98. The molecular formula is C23H32N8O7S.